The van der Waals surface area contributed by atoms with E-state index in [4.69, 9.17) is 9.47 Å². The number of nitrogens with zero attached hydrogens (tertiary/aromatic N) is 4. The maximum absolute atomic E-state index is 13.3. The van der Waals surface area contributed by atoms with Crippen molar-refractivity contribution < 1.29 is 28.7 Å². The van der Waals surface area contributed by atoms with Gasteiger partial charge in [-0.05, 0) is 12.8 Å². The minimum atomic E-state index is -0.686. The van der Waals surface area contributed by atoms with E-state index in [-0.39, 0.29) is 38.6 Å². The highest BCUT2D eigenvalue weighted by atomic mass is 16.5. The van der Waals surface area contributed by atoms with Crippen molar-refractivity contribution in [2.45, 2.75) is 51.9 Å². The van der Waals surface area contributed by atoms with E-state index in [2.05, 4.69) is 23.7 Å². The number of hydrogen-bond donors (Lipinski definition) is 0. The monoisotopic (exact) mass is 470 g/mol. The summed E-state index contributed by atoms with van der Waals surface area (Å²) in [5.74, 6) is 13.7. The van der Waals surface area contributed by atoms with Gasteiger partial charge in [0.2, 0.25) is 0 Å². The molecule has 0 aromatic rings. The topological polar surface area (TPSA) is 99.7 Å². The van der Waals surface area contributed by atoms with E-state index in [1.807, 2.05) is 13.8 Å². The molecule has 10 nitrogen and oxygen atoms in total. The minimum Gasteiger partial charge on any atom is -0.361 e. The molecule has 2 heterocycles. The molecule has 2 atom stereocenters. The molecule has 2 aliphatic rings. The van der Waals surface area contributed by atoms with Crippen LogP contribution in [0.2, 0.25) is 0 Å². The van der Waals surface area contributed by atoms with Crippen molar-refractivity contribution in [3.63, 3.8) is 0 Å². The Balaban J connectivity index is 2.36. The van der Waals surface area contributed by atoms with Crippen LogP contribution in [-0.2, 0) is 19.1 Å². The lowest BCUT2D eigenvalue weighted by Crippen LogP contribution is -2.47. The van der Waals surface area contributed by atoms with Crippen molar-refractivity contribution in [2.24, 2.45) is 0 Å². The number of rotatable bonds is 12. The Morgan fingerprint density at radius 2 is 1.15 bits per heavy atom. The minimum absolute atomic E-state index is 0.00427. The molecule has 0 bridgehead atoms. The van der Waals surface area contributed by atoms with Gasteiger partial charge in [0.05, 0.1) is 25.2 Å². The van der Waals surface area contributed by atoms with Crippen molar-refractivity contribution in [3.05, 3.63) is 12.2 Å². The first-order valence-electron chi connectivity index (χ1n) is 11.3. The number of allylic oxidation sites excluding steroid dienone is 2. The number of urea groups is 2. The third kappa shape index (κ3) is 6.74. The van der Waals surface area contributed by atoms with Crippen LogP contribution in [0.5, 0.6) is 0 Å². The summed E-state index contributed by atoms with van der Waals surface area (Å²) in [7, 11) is 0. The normalized spacial score (nSPS) is 18.5. The molecule has 4 amide bonds. The molecule has 2 saturated heterocycles. The van der Waals surface area contributed by atoms with Gasteiger partial charge in [0.25, 0.3) is 0 Å². The summed E-state index contributed by atoms with van der Waals surface area (Å²) in [6.45, 7) is 5.02. The second kappa shape index (κ2) is 14.6. The molecule has 2 unspecified atom stereocenters. The van der Waals surface area contributed by atoms with Crippen LogP contribution in [0.1, 0.15) is 39.5 Å². The van der Waals surface area contributed by atoms with Crippen molar-refractivity contribution in [1.29, 1.82) is 0 Å². The van der Waals surface area contributed by atoms with Crippen LogP contribution < -0.4 is 0 Å². The molecule has 182 valence electrons. The highest BCUT2D eigenvalue weighted by Crippen LogP contribution is 2.34. The van der Waals surface area contributed by atoms with Crippen LogP contribution in [0.4, 0.5) is 9.59 Å². The first-order valence-corrected chi connectivity index (χ1v) is 11.3. The molecular weight excluding hydrogens is 440 g/mol. The van der Waals surface area contributed by atoms with Crippen molar-refractivity contribution in [1.82, 2.24) is 19.6 Å². The first-order chi connectivity index (χ1) is 16.6. The molecule has 0 radical (unpaired) electrons. The van der Waals surface area contributed by atoms with Crippen molar-refractivity contribution in [2.75, 3.05) is 39.8 Å². The third-order valence-electron chi connectivity index (χ3n) is 5.24. The van der Waals surface area contributed by atoms with Crippen LogP contribution in [-0.4, -0.2) is 95.6 Å². The summed E-state index contributed by atoms with van der Waals surface area (Å²) in [6, 6.07) is -0.708. The zero-order valence-electron chi connectivity index (χ0n) is 19.6. The number of carbonyl (C=O) groups is 2. The molecule has 34 heavy (non-hydrogen) atoms. The van der Waals surface area contributed by atoms with Gasteiger partial charge in [-0.2, -0.15) is 0 Å². The molecular formula is C24H30N4O6. The first kappa shape index (κ1) is 26.7. The van der Waals surface area contributed by atoms with E-state index in [0.29, 0.717) is 13.2 Å². The second-order valence-corrected chi connectivity index (χ2v) is 7.54. The lowest BCUT2D eigenvalue weighted by atomic mass is 10.3. The van der Waals surface area contributed by atoms with E-state index in [1.54, 1.807) is 11.9 Å². The van der Waals surface area contributed by atoms with Crippen LogP contribution in [0.25, 0.3) is 0 Å². The van der Waals surface area contributed by atoms with Gasteiger partial charge in [-0.25, -0.2) is 19.2 Å². The maximum Gasteiger partial charge on any atom is 0.327 e. The van der Waals surface area contributed by atoms with Gasteiger partial charge >= 0.3 is 12.1 Å². The summed E-state index contributed by atoms with van der Waals surface area (Å²) in [4.78, 5) is 53.3. The number of hydrogen-bond acceptors (Lipinski definition) is 6. The largest absolute Gasteiger partial charge is 0.361 e. The SMILES string of the molecule is CCCCOCN1C(=O)N(COCCCC)C2C1N(CC#CC=C=O)C(=O)N2CC#CC=C=O. The van der Waals surface area contributed by atoms with Gasteiger partial charge < -0.3 is 9.47 Å². The number of amides is 4. The zero-order chi connectivity index (χ0) is 24.8. The second-order valence-electron chi connectivity index (χ2n) is 7.54. The fourth-order valence-electron chi connectivity index (χ4n) is 3.59. The fourth-order valence-corrected chi connectivity index (χ4v) is 3.59. The molecule has 0 N–H and O–H groups in total. The number of unbranched alkanes of at least 4 members (excludes halogenated alkanes) is 2. The standard InChI is InChI=1S/C24H30N4O6/c1-3-5-17-33-19-27-21-22(28(24(27)32)20-34-18-6-4-2)26(14-10-8-12-16-30)23(31)25(21)13-9-7-11-15-29/h11-12,21-22H,3-6,13-14,17-20H2,1-2H3. The highest BCUT2D eigenvalue weighted by molar-refractivity contribution is 5.85. The molecule has 10 heteroatoms. The summed E-state index contributed by atoms with van der Waals surface area (Å²) in [6.07, 6.45) is 4.26. The Morgan fingerprint density at radius 1 is 0.735 bits per heavy atom. The quantitative estimate of drug-likeness (QED) is 0.243. The molecule has 2 fully saturated rings. The smallest absolute Gasteiger partial charge is 0.327 e. The van der Waals surface area contributed by atoms with Gasteiger partial charge in [0.1, 0.15) is 25.3 Å². The van der Waals surface area contributed by atoms with E-state index >= 15 is 0 Å². The summed E-state index contributed by atoms with van der Waals surface area (Å²) < 4.78 is 11.4. The molecule has 0 spiro atoms. The summed E-state index contributed by atoms with van der Waals surface area (Å²) >= 11 is 0. The summed E-state index contributed by atoms with van der Waals surface area (Å²) in [5.41, 5.74) is 0. The number of fused-ring (bicyclic) bond motifs is 1. The van der Waals surface area contributed by atoms with Crippen LogP contribution in [0, 0.1) is 23.7 Å². The van der Waals surface area contributed by atoms with E-state index in [1.165, 1.54) is 19.6 Å². The van der Waals surface area contributed by atoms with Crippen LogP contribution >= 0.6 is 0 Å². The van der Waals surface area contributed by atoms with Gasteiger partial charge in [-0.15, -0.1) is 0 Å². The average Bonchev–Trinajstić information content (AvgIpc) is 3.25. The van der Waals surface area contributed by atoms with Gasteiger partial charge in [-0.3, -0.25) is 19.6 Å². The Bertz CT molecular complexity index is 861. The Morgan fingerprint density at radius 3 is 1.53 bits per heavy atom. The van der Waals surface area contributed by atoms with Gasteiger partial charge in [-0.1, -0.05) is 50.4 Å². The molecule has 2 aliphatic heterocycles. The Hall–Kier alpha value is -3.52. The molecule has 0 aromatic heterocycles. The number of ether oxygens (including phenoxy) is 2. The molecule has 0 aliphatic carbocycles. The Labute approximate surface area is 200 Å². The molecule has 2 rings (SSSR count). The lowest BCUT2D eigenvalue weighted by molar-refractivity contribution is 0.00785. The fraction of sp³-hybridized carbons (Fsp3) is 0.583. The van der Waals surface area contributed by atoms with Crippen molar-refractivity contribution in [3.8, 4) is 23.7 Å². The van der Waals surface area contributed by atoms with E-state index in [0.717, 1.165) is 37.8 Å². The number of carbonyl (C=O) groups excluding carboxylic acids is 4. The maximum atomic E-state index is 13.3. The van der Waals surface area contributed by atoms with E-state index < -0.39 is 12.3 Å². The van der Waals surface area contributed by atoms with Crippen LogP contribution in [0.3, 0.4) is 0 Å². The average molecular weight is 471 g/mol. The predicted octanol–water partition coefficient (Wildman–Crippen LogP) is 1.44. The zero-order valence-corrected chi connectivity index (χ0v) is 19.6. The summed E-state index contributed by atoms with van der Waals surface area (Å²) in [5, 5.41) is 0. The van der Waals surface area contributed by atoms with Crippen molar-refractivity contribution >= 4 is 23.9 Å². The van der Waals surface area contributed by atoms with Gasteiger partial charge in [0.15, 0.2) is 12.3 Å². The molecule has 0 saturated carbocycles. The Kier molecular flexibility index (Phi) is 11.5. The van der Waals surface area contributed by atoms with Crippen LogP contribution in [0.15, 0.2) is 12.2 Å². The third-order valence-corrected chi connectivity index (χ3v) is 5.24. The predicted molar refractivity (Wildman–Crippen MR) is 123 cm³/mol. The van der Waals surface area contributed by atoms with E-state index in [9.17, 15) is 19.2 Å². The molecule has 0 aromatic carbocycles. The highest BCUT2D eigenvalue weighted by Gasteiger charge is 2.58. The lowest BCUT2D eigenvalue weighted by Gasteiger charge is -2.28. The van der Waals surface area contributed by atoms with Gasteiger partial charge in [0, 0.05) is 13.2 Å².